The largest absolute Gasteiger partial charge is 0.478 e. The van der Waals surface area contributed by atoms with Crippen molar-refractivity contribution in [3.05, 3.63) is 71.8 Å². The maximum Gasteiger partial charge on any atom is 0.198 e. The lowest BCUT2D eigenvalue weighted by molar-refractivity contribution is 0.229. The average molecular weight is 307 g/mol. The summed E-state index contributed by atoms with van der Waals surface area (Å²) in [5.74, 6) is 0.829. The van der Waals surface area contributed by atoms with Gasteiger partial charge in [0.05, 0.1) is 11.5 Å². The minimum atomic E-state index is -0.359. The molecule has 0 spiro atoms. The molecule has 2 nitrogen and oxygen atoms in total. The van der Waals surface area contributed by atoms with Gasteiger partial charge < -0.3 is 4.74 Å². The van der Waals surface area contributed by atoms with Crippen molar-refractivity contribution < 1.29 is 4.74 Å². The summed E-state index contributed by atoms with van der Waals surface area (Å²) in [4.78, 5) is 4.98. The van der Waals surface area contributed by atoms with Crippen LogP contribution in [0.4, 0.5) is 0 Å². The molecule has 1 aliphatic heterocycles. The molecule has 2 aromatic rings. The number of hydrogen-bond donors (Lipinski definition) is 0. The SMILES string of the molecule is CC(C1=N[C@@H](C(C)(C)C)CO1)(c1ccccc1)c1ccccc1. The van der Waals surface area contributed by atoms with Crippen LogP contribution in [0.25, 0.3) is 0 Å². The van der Waals surface area contributed by atoms with Crippen LogP contribution in [0.3, 0.4) is 0 Å². The van der Waals surface area contributed by atoms with Gasteiger partial charge in [-0.25, -0.2) is 4.99 Å². The predicted molar refractivity (Wildman–Crippen MR) is 96.0 cm³/mol. The molecule has 0 saturated heterocycles. The van der Waals surface area contributed by atoms with Crippen molar-refractivity contribution in [3.63, 3.8) is 0 Å². The Balaban J connectivity index is 2.11. The Bertz CT molecular complexity index is 643. The van der Waals surface area contributed by atoms with Gasteiger partial charge in [0.25, 0.3) is 0 Å². The van der Waals surface area contributed by atoms with Gasteiger partial charge in [-0.05, 0) is 23.5 Å². The Morgan fingerprint density at radius 1 is 0.826 bits per heavy atom. The van der Waals surface area contributed by atoms with Crippen molar-refractivity contribution >= 4 is 5.90 Å². The zero-order valence-corrected chi connectivity index (χ0v) is 14.4. The van der Waals surface area contributed by atoms with E-state index in [9.17, 15) is 0 Å². The second-order valence-corrected chi connectivity index (χ2v) is 7.48. The van der Waals surface area contributed by atoms with Gasteiger partial charge in [0.1, 0.15) is 6.61 Å². The molecule has 1 aliphatic rings. The molecule has 0 fully saturated rings. The van der Waals surface area contributed by atoms with Gasteiger partial charge in [0.2, 0.25) is 0 Å². The Morgan fingerprint density at radius 3 is 1.70 bits per heavy atom. The summed E-state index contributed by atoms with van der Waals surface area (Å²) in [7, 11) is 0. The first kappa shape index (κ1) is 15.8. The van der Waals surface area contributed by atoms with E-state index >= 15 is 0 Å². The maximum absolute atomic E-state index is 6.12. The second kappa shape index (κ2) is 5.84. The minimum absolute atomic E-state index is 0.107. The van der Waals surface area contributed by atoms with Crippen molar-refractivity contribution in [2.45, 2.75) is 39.2 Å². The van der Waals surface area contributed by atoms with Crippen LogP contribution in [0.1, 0.15) is 38.8 Å². The molecule has 3 rings (SSSR count). The number of rotatable bonds is 3. The Hall–Kier alpha value is -2.09. The van der Waals surface area contributed by atoms with E-state index < -0.39 is 0 Å². The van der Waals surface area contributed by atoms with E-state index in [2.05, 4.69) is 76.2 Å². The molecule has 2 aromatic carbocycles. The van der Waals surface area contributed by atoms with Crippen LogP contribution < -0.4 is 0 Å². The number of benzene rings is 2. The van der Waals surface area contributed by atoms with Crippen molar-refractivity contribution in [2.75, 3.05) is 6.61 Å². The monoisotopic (exact) mass is 307 g/mol. The van der Waals surface area contributed by atoms with Crippen molar-refractivity contribution in [2.24, 2.45) is 10.4 Å². The molecule has 0 unspecified atom stereocenters. The Kier molecular flexibility index (Phi) is 4.01. The normalized spacial score (nSPS) is 18.4. The first-order valence-corrected chi connectivity index (χ1v) is 8.24. The van der Waals surface area contributed by atoms with Crippen LogP contribution >= 0.6 is 0 Å². The third kappa shape index (κ3) is 2.90. The lowest BCUT2D eigenvalue weighted by atomic mass is 9.76. The molecule has 23 heavy (non-hydrogen) atoms. The summed E-state index contributed by atoms with van der Waals surface area (Å²) in [6, 6.07) is 21.2. The minimum Gasteiger partial charge on any atom is -0.478 e. The highest BCUT2D eigenvalue weighted by molar-refractivity contribution is 5.92. The van der Waals surface area contributed by atoms with E-state index in [1.54, 1.807) is 0 Å². The number of hydrogen-bond acceptors (Lipinski definition) is 2. The summed E-state index contributed by atoms with van der Waals surface area (Å²) >= 11 is 0. The number of ether oxygens (including phenoxy) is 1. The van der Waals surface area contributed by atoms with Crippen LogP contribution in [-0.4, -0.2) is 18.5 Å². The summed E-state index contributed by atoms with van der Waals surface area (Å²) in [5.41, 5.74) is 2.16. The van der Waals surface area contributed by atoms with E-state index in [1.165, 1.54) is 11.1 Å². The number of nitrogens with zero attached hydrogens (tertiary/aromatic N) is 1. The summed E-state index contributed by atoms with van der Waals surface area (Å²) < 4.78 is 6.12. The van der Waals surface area contributed by atoms with Crippen LogP contribution in [0, 0.1) is 5.41 Å². The first-order chi connectivity index (χ1) is 10.9. The van der Waals surface area contributed by atoms with Crippen molar-refractivity contribution in [1.82, 2.24) is 0 Å². The van der Waals surface area contributed by atoms with E-state index in [-0.39, 0.29) is 16.9 Å². The molecule has 0 radical (unpaired) electrons. The molecule has 0 aliphatic carbocycles. The fourth-order valence-corrected chi connectivity index (χ4v) is 3.05. The zero-order chi connectivity index (χ0) is 16.5. The van der Waals surface area contributed by atoms with E-state index in [0.29, 0.717) is 6.61 Å². The highest BCUT2D eigenvalue weighted by atomic mass is 16.5. The Labute approximate surface area is 139 Å². The van der Waals surface area contributed by atoms with Crippen LogP contribution in [0.15, 0.2) is 65.7 Å². The summed E-state index contributed by atoms with van der Waals surface area (Å²) in [6.07, 6.45) is 0. The summed E-state index contributed by atoms with van der Waals surface area (Å²) in [6.45, 7) is 9.52. The summed E-state index contributed by atoms with van der Waals surface area (Å²) in [5, 5.41) is 0. The highest BCUT2D eigenvalue weighted by Crippen LogP contribution is 2.38. The molecule has 0 bridgehead atoms. The van der Waals surface area contributed by atoms with Gasteiger partial charge in [0.15, 0.2) is 5.90 Å². The fourth-order valence-electron chi connectivity index (χ4n) is 3.05. The van der Waals surface area contributed by atoms with E-state index in [4.69, 9.17) is 9.73 Å². The lowest BCUT2D eigenvalue weighted by Gasteiger charge is -2.30. The molecule has 1 atom stereocenters. The zero-order valence-electron chi connectivity index (χ0n) is 14.4. The molecule has 0 N–H and O–H groups in total. The van der Waals surface area contributed by atoms with Crippen LogP contribution in [0.5, 0.6) is 0 Å². The van der Waals surface area contributed by atoms with Crippen LogP contribution in [-0.2, 0) is 10.2 Å². The van der Waals surface area contributed by atoms with E-state index in [0.717, 1.165) is 5.90 Å². The first-order valence-electron chi connectivity index (χ1n) is 8.24. The third-order valence-electron chi connectivity index (χ3n) is 4.78. The lowest BCUT2D eigenvalue weighted by Crippen LogP contribution is -2.34. The molecule has 0 amide bonds. The number of aliphatic imine (C=N–C) groups is 1. The molecular formula is C21H25NO. The van der Waals surface area contributed by atoms with Crippen molar-refractivity contribution in [3.8, 4) is 0 Å². The molecule has 0 saturated carbocycles. The highest BCUT2D eigenvalue weighted by Gasteiger charge is 2.41. The topological polar surface area (TPSA) is 21.6 Å². The third-order valence-corrected chi connectivity index (χ3v) is 4.78. The quantitative estimate of drug-likeness (QED) is 0.795. The second-order valence-electron chi connectivity index (χ2n) is 7.48. The molecule has 1 heterocycles. The standard InChI is InChI=1S/C21H25NO/c1-20(2,3)18-15-23-19(22-18)21(4,16-11-7-5-8-12-16)17-13-9-6-10-14-17/h5-14,18H,15H2,1-4H3/t18-/m1/s1. The fraction of sp³-hybridized carbons (Fsp3) is 0.381. The molecule has 120 valence electrons. The van der Waals surface area contributed by atoms with Gasteiger partial charge in [-0.15, -0.1) is 0 Å². The molecule has 2 heteroatoms. The van der Waals surface area contributed by atoms with E-state index in [1.807, 2.05) is 12.1 Å². The maximum atomic E-state index is 6.12. The predicted octanol–water partition coefficient (Wildman–Crippen LogP) is 4.84. The van der Waals surface area contributed by atoms with Gasteiger partial charge in [-0.3, -0.25) is 0 Å². The Morgan fingerprint density at radius 2 is 1.30 bits per heavy atom. The van der Waals surface area contributed by atoms with Crippen LogP contribution in [0.2, 0.25) is 0 Å². The smallest absolute Gasteiger partial charge is 0.198 e. The molecule has 0 aromatic heterocycles. The average Bonchev–Trinajstić information content (AvgIpc) is 3.06. The molecular weight excluding hydrogens is 282 g/mol. The van der Waals surface area contributed by atoms with Gasteiger partial charge >= 0.3 is 0 Å². The van der Waals surface area contributed by atoms with Gasteiger partial charge in [-0.1, -0.05) is 81.4 Å². The van der Waals surface area contributed by atoms with Gasteiger partial charge in [0, 0.05) is 0 Å². The van der Waals surface area contributed by atoms with Crippen molar-refractivity contribution in [1.29, 1.82) is 0 Å². The van der Waals surface area contributed by atoms with Gasteiger partial charge in [-0.2, -0.15) is 0 Å².